The van der Waals surface area contributed by atoms with Gasteiger partial charge in [0, 0.05) is 50.5 Å². The summed E-state index contributed by atoms with van der Waals surface area (Å²) in [4.78, 5) is 39.3. The van der Waals surface area contributed by atoms with E-state index >= 15 is 0 Å². The van der Waals surface area contributed by atoms with Crippen molar-refractivity contribution in [3.63, 3.8) is 0 Å². The molecule has 3 amide bonds. The number of aliphatic carboxylic acids is 1. The lowest BCUT2D eigenvalue weighted by Crippen LogP contribution is -2.43. The topological polar surface area (TPSA) is 90.0 Å². The van der Waals surface area contributed by atoms with Crippen LogP contribution in [0.3, 0.4) is 0 Å². The molecule has 0 bridgehead atoms. The Labute approximate surface area is 153 Å². The van der Waals surface area contributed by atoms with Crippen LogP contribution in [0.5, 0.6) is 0 Å². The highest BCUT2D eigenvalue weighted by Gasteiger charge is 2.54. The summed E-state index contributed by atoms with van der Waals surface area (Å²) >= 11 is 1.50. The largest absolute Gasteiger partial charge is 0.481 e. The molecule has 2 aliphatic heterocycles. The summed E-state index contributed by atoms with van der Waals surface area (Å²) < 4.78 is 0. The first-order valence-corrected chi connectivity index (χ1v) is 10.3. The lowest BCUT2D eigenvalue weighted by molar-refractivity contribution is -0.137. The molecule has 25 heavy (non-hydrogen) atoms. The summed E-state index contributed by atoms with van der Waals surface area (Å²) in [6.07, 6.45) is 4.46. The van der Waals surface area contributed by atoms with Gasteiger partial charge in [0.25, 0.3) is 0 Å². The van der Waals surface area contributed by atoms with Crippen LogP contribution in [0.1, 0.15) is 32.6 Å². The number of hydrogen-bond donors (Lipinski definition) is 2. The first-order valence-electron chi connectivity index (χ1n) is 8.93. The average Bonchev–Trinajstić information content (AvgIpc) is 3.08. The maximum atomic E-state index is 12.4. The second-order valence-corrected chi connectivity index (χ2v) is 7.99. The van der Waals surface area contributed by atoms with Crippen LogP contribution in [0.25, 0.3) is 0 Å². The zero-order valence-electron chi connectivity index (χ0n) is 15.1. The number of carbonyl (C=O) groups excluding carboxylic acids is 2. The molecule has 142 valence electrons. The summed E-state index contributed by atoms with van der Waals surface area (Å²) in [5.74, 6) is -0.110. The molecule has 0 saturated carbocycles. The number of nitrogens with one attached hydrogen (secondary N) is 1. The number of hydrogen-bond acceptors (Lipinski definition) is 4. The minimum absolute atomic E-state index is 0.0699. The number of amides is 3. The highest BCUT2D eigenvalue weighted by Crippen LogP contribution is 2.46. The van der Waals surface area contributed by atoms with Crippen LogP contribution in [0.15, 0.2) is 0 Å². The number of carboxylic acid groups (broad SMARTS) is 1. The van der Waals surface area contributed by atoms with E-state index in [4.69, 9.17) is 5.11 Å². The van der Waals surface area contributed by atoms with Crippen molar-refractivity contribution in [3.8, 4) is 0 Å². The van der Waals surface area contributed by atoms with Crippen molar-refractivity contribution in [3.05, 3.63) is 0 Å². The number of likely N-dealkylation sites (tertiary alicyclic amines) is 2. The van der Waals surface area contributed by atoms with Gasteiger partial charge in [0.15, 0.2) is 0 Å². The predicted octanol–water partition coefficient (Wildman–Crippen LogP) is 1.48. The van der Waals surface area contributed by atoms with E-state index in [1.165, 1.54) is 11.8 Å². The molecule has 2 unspecified atom stereocenters. The number of rotatable bonds is 8. The molecule has 2 fully saturated rings. The molecule has 2 rings (SSSR count). The second kappa shape index (κ2) is 8.78. The number of unbranched alkanes of at least 4 members (excludes halogenated alkanes) is 1. The van der Waals surface area contributed by atoms with Crippen LogP contribution in [0.4, 0.5) is 4.79 Å². The molecule has 8 heteroatoms. The molecule has 7 nitrogen and oxygen atoms in total. The van der Waals surface area contributed by atoms with E-state index in [0.717, 1.165) is 12.8 Å². The molecule has 2 N–H and O–H groups in total. The number of thioether (sulfide) groups is 1. The van der Waals surface area contributed by atoms with Gasteiger partial charge in [0.1, 0.15) is 0 Å². The van der Waals surface area contributed by atoms with Crippen LogP contribution >= 0.6 is 11.8 Å². The lowest BCUT2D eigenvalue weighted by Gasteiger charge is -2.29. The third kappa shape index (κ3) is 4.80. The van der Waals surface area contributed by atoms with E-state index in [9.17, 15) is 14.4 Å². The summed E-state index contributed by atoms with van der Waals surface area (Å²) in [7, 11) is 0. The molecule has 2 saturated heterocycles. The van der Waals surface area contributed by atoms with Crippen LogP contribution in [-0.2, 0) is 9.59 Å². The molecule has 2 atom stereocenters. The Morgan fingerprint density at radius 3 is 2.56 bits per heavy atom. The van der Waals surface area contributed by atoms with Crippen molar-refractivity contribution in [2.45, 2.75) is 32.6 Å². The Hall–Kier alpha value is -1.44. The molecule has 0 aromatic rings. The standard InChI is InChI=1S/C17H29N3O4S/c1-3-4-7-18-16(24)20-9-13-8-19(14(21)10-25-2)11-17(13,12-20)6-5-15(22)23/h13H,3-12H2,1-2H3,(H,18,24)(H,22,23). The Morgan fingerprint density at radius 1 is 1.24 bits per heavy atom. The zero-order chi connectivity index (χ0) is 18.4. The molecule has 2 aliphatic rings. The fourth-order valence-corrected chi connectivity index (χ4v) is 4.37. The van der Waals surface area contributed by atoms with E-state index in [1.54, 1.807) is 4.90 Å². The number of carbonyl (C=O) groups is 3. The monoisotopic (exact) mass is 371 g/mol. The van der Waals surface area contributed by atoms with E-state index < -0.39 is 5.97 Å². The summed E-state index contributed by atoms with van der Waals surface area (Å²) in [6, 6.07) is -0.0699. The maximum absolute atomic E-state index is 12.4. The highest BCUT2D eigenvalue weighted by atomic mass is 32.2. The minimum Gasteiger partial charge on any atom is -0.481 e. The predicted molar refractivity (Wildman–Crippen MR) is 97.6 cm³/mol. The van der Waals surface area contributed by atoms with E-state index in [-0.39, 0.29) is 29.7 Å². The Kier molecular flexibility index (Phi) is 6.98. The third-order valence-electron chi connectivity index (χ3n) is 5.31. The molecule has 0 spiro atoms. The van der Waals surface area contributed by atoms with E-state index in [1.807, 2.05) is 11.2 Å². The van der Waals surface area contributed by atoms with Gasteiger partial charge in [0.05, 0.1) is 5.75 Å². The van der Waals surface area contributed by atoms with Gasteiger partial charge < -0.3 is 20.2 Å². The van der Waals surface area contributed by atoms with Crippen LogP contribution in [-0.4, -0.2) is 77.5 Å². The van der Waals surface area contributed by atoms with Crippen molar-refractivity contribution in [1.82, 2.24) is 15.1 Å². The minimum atomic E-state index is -0.826. The Morgan fingerprint density at radius 2 is 1.92 bits per heavy atom. The van der Waals surface area contributed by atoms with Crippen molar-refractivity contribution in [2.24, 2.45) is 11.3 Å². The summed E-state index contributed by atoms with van der Waals surface area (Å²) in [5.41, 5.74) is -0.283. The van der Waals surface area contributed by atoms with Crippen molar-refractivity contribution in [2.75, 3.05) is 44.7 Å². The van der Waals surface area contributed by atoms with Gasteiger partial charge in [-0.25, -0.2) is 4.79 Å². The maximum Gasteiger partial charge on any atom is 0.317 e. The zero-order valence-corrected chi connectivity index (χ0v) is 15.9. The number of fused-ring (bicyclic) bond motifs is 1. The van der Waals surface area contributed by atoms with Gasteiger partial charge in [-0.05, 0) is 19.1 Å². The van der Waals surface area contributed by atoms with Crippen molar-refractivity contribution >= 4 is 29.7 Å². The smallest absolute Gasteiger partial charge is 0.317 e. The SMILES string of the molecule is CCCCNC(=O)N1CC2CN(C(=O)CSC)CC2(CCC(=O)O)C1. The van der Waals surface area contributed by atoms with Crippen LogP contribution in [0, 0.1) is 11.3 Å². The first-order chi connectivity index (χ1) is 11.9. The lowest BCUT2D eigenvalue weighted by atomic mass is 9.77. The van der Waals surface area contributed by atoms with E-state index in [0.29, 0.717) is 44.9 Å². The van der Waals surface area contributed by atoms with Gasteiger partial charge in [-0.2, -0.15) is 11.8 Å². The average molecular weight is 372 g/mol. The molecule has 0 aromatic heterocycles. The summed E-state index contributed by atoms with van der Waals surface area (Å²) in [6.45, 7) is 5.05. The van der Waals surface area contributed by atoms with Gasteiger partial charge >= 0.3 is 12.0 Å². The fourth-order valence-electron chi connectivity index (χ4n) is 3.94. The molecular formula is C17H29N3O4S. The number of urea groups is 1. The normalized spacial score (nSPS) is 25.1. The third-order valence-corrected chi connectivity index (χ3v) is 5.85. The van der Waals surface area contributed by atoms with Gasteiger partial charge in [-0.15, -0.1) is 0 Å². The molecule has 0 aliphatic carbocycles. The Balaban J connectivity index is 2.03. The highest BCUT2D eigenvalue weighted by molar-refractivity contribution is 7.99. The van der Waals surface area contributed by atoms with Gasteiger partial charge in [0.2, 0.25) is 5.91 Å². The quantitative estimate of drug-likeness (QED) is 0.631. The second-order valence-electron chi connectivity index (χ2n) is 7.13. The van der Waals surface area contributed by atoms with Gasteiger partial charge in [-0.3, -0.25) is 9.59 Å². The molecular weight excluding hydrogens is 342 g/mol. The van der Waals surface area contributed by atoms with Crippen LogP contribution < -0.4 is 5.32 Å². The van der Waals surface area contributed by atoms with Crippen LogP contribution in [0.2, 0.25) is 0 Å². The molecule has 2 heterocycles. The Bertz CT molecular complexity index is 516. The van der Waals surface area contributed by atoms with E-state index in [2.05, 4.69) is 12.2 Å². The first kappa shape index (κ1) is 19.9. The van der Waals surface area contributed by atoms with Gasteiger partial charge in [-0.1, -0.05) is 13.3 Å². The fraction of sp³-hybridized carbons (Fsp3) is 0.824. The molecule has 0 radical (unpaired) electrons. The number of carboxylic acids is 1. The van der Waals surface area contributed by atoms with Crippen molar-refractivity contribution in [1.29, 1.82) is 0 Å². The number of nitrogens with zero attached hydrogens (tertiary/aromatic N) is 2. The molecule has 0 aromatic carbocycles. The van der Waals surface area contributed by atoms with Crippen molar-refractivity contribution < 1.29 is 19.5 Å². The summed E-state index contributed by atoms with van der Waals surface area (Å²) in [5, 5.41) is 12.0.